The van der Waals surface area contributed by atoms with Crippen LogP contribution in [0.15, 0.2) is 78.9 Å². The first-order valence-corrected chi connectivity index (χ1v) is 9.93. The van der Waals surface area contributed by atoms with Crippen molar-refractivity contribution in [2.75, 3.05) is 0 Å². The van der Waals surface area contributed by atoms with Gasteiger partial charge in [0, 0.05) is 0 Å². The Bertz CT molecular complexity index is 1090. The molecule has 3 rings (SSSR count). The van der Waals surface area contributed by atoms with Gasteiger partial charge in [0.05, 0.1) is 0 Å². The zero-order valence-corrected chi connectivity index (χ0v) is 17.9. The minimum atomic E-state index is -1.25. The number of ether oxygens (including phenoxy) is 1. The van der Waals surface area contributed by atoms with E-state index in [1.165, 1.54) is 48.5 Å². The Morgan fingerprint density at radius 2 is 1.26 bits per heavy atom. The van der Waals surface area contributed by atoms with Gasteiger partial charge in [-0.3, -0.25) is 4.79 Å². The van der Waals surface area contributed by atoms with E-state index in [1.54, 1.807) is 12.1 Å². The highest BCUT2D eigenvalue weighted by atomic mass is 16.5. The number of amides is 1. The zero-order valence-electron chi connectivity index (χ0n) is 17.9. The van der Waals surface area contributed by atoms with Crippen molar-refractivity contribution in [1.29, 1.82) is 0 Å². The number of benzene rings is 3. The lowest BCUT2D eigenvalue weighted by atomic mass is 10.1. The Balaban J connectivity index is 0.000000287. The first-order chi connectivity index (χ1) is 16.2. The molecule has 0 radical (unpaired) electrons. The summed E-state index contributed by atoms with van der Waals surface area (Å²) < 4.78 is 4.99. The van der Waals surface area contributed by atoms with E-state index in [0.29, 0.717) is 11.1 Å². The van der Waals surface area contributed by atoms with Crippen molar-refractivity contribution in [2.24, 2.45) is 5.73 Å². The number of hydrogen-bond acceptors (Lipinski definition) is 7. The van der Waals surface area contributed by atoms with E-state index in [-0.39, 0.29) is 18.1 Å². The molecule has 3 aromatic carbocycles. The third-order valence-electron chi connectivity index (χ3n) is 4.47. The lowest BCUT2D eigenvalue weighted by molar-refractivity contribution is -0.140. The van der Waals surface area contributed by atoms with Crippen LogP contribution >= 0.6 is 0 Å². The van der Waals surface area contributed by atoms with Gasteiger partial charge in [-0.1, -0.05) is 54.6 Å². The molecule has 0 heterocycles. The normalized spacial score (nSPS) is 11.8. The number of phenols is 2. The molecule has 1 amide bonds. The number of nitrogens with two attached hydrogens (primary N) is 1. The average Bonchev–Trinajstić information content (AvgIpc) is 2.83. The van der Waals surface area contributed by atoms with E-state index in [4.69, 9.17) is 20.7 Å². The molecular weight excluding hydrogens is 444 g/mol. The number of carboxylic acids is 2. The Hall–Kier alpha value is -4.57. The molecule has 0 spiro atoms. The fourth-order valence-corrected chi connectivity index (χ4v) is 2.66. The SMILES string of the molecule is N[C@@H](C(=O)O)c1ccc(O)cc1.O=C(N[C@@H](C(=O)O)c1ccc(O)cc1)OCc1ccccc1. The fourth-order valence-electron chi connectivity index (χ4n) is 2.66. The predicted octanol–water partition coefficient (Wildman–Crippen LogP) is 2.92. The minimum absolute atomic E-state index is 0.0135. The minimum Gasteiger partial charge on any atom is -0.508 e. The number of nitrogens with one attached hydrogen (secondary N) is 1. The maximum absolute atomic E-state index is 11.7. The van der Waals surface area contributed by atoms with Crippen LogP contribution in [0, 0.1) is 0 Å². The third-order valence-corrected chi connectivity index (χ3v) is 4.47. The topological polar surface area (TPSA) is 179 Å². The Labute approximate surface area is 194 Å². The quantitative estimate of drug-likeness (QED) is 0.304. The molecular formula is C24H24N2O8. The number of phenolic OH excluding ortho intramolecular Hbond substituents is 2. The third kappa shape index (κ3) is 8.17. The molecule has 0 fully saturated rings. The van der Waals surface area contributed by atoms with Crippen LogP contribution in [0.2, 0.25) is 0 Å². The molecule has 10 heteroatoms. The summed E-state index contributed by atoms with van der Waals surface area (Å²) in [5.74, 6) is -2.20. The van der Waals surface area contributed by atoms with Gasteiger partial charge in [0.2, 0.25) is 0 Å². The van der Waals surface area contributed by atoms with Crippen LogP contribution in [-0.4, -0.2) is 38.5 Å². The number of rotatable bonds is 7. The summed E-state index contributed by atoms with van der Waals surface area (Å²) in [6.45, 7) is 0.0502. The second-order valence-electron chi connectivity index (χ2n) is 6.98. The molecule has 0 saturated heterocycles. The summed E-state index contributed by atoms with van der Waals surface area (Å²) in [7, 11) is 0. The van der Waals surface area contributed by atoms with Crippen molar-refractivity contribution in [3.63, 3.8) is 0 Å². The smallest absolute Gasteiger partial charge is 0.408 e. The molecule has 0 bridgehead atoms. The molecule has 0 unspecified atom stereocenters. The van der Waals surface area contributed by atoms with Crippen molar-refractivity contribution in [3.8, 4) is 11.5 Å². The van der Waals surface area contributed by atoms with Gasteiger partial charge in [-0.25, -0.2) is 9.59 Å². The van der Waals surface area contributed by atoms with Gasteiger partial charge in [0.25, 0.3) is 0 Å². The highest BCUT2D eigenvalue weighted by Crippen LogP contribution is 2.18. The van der Waals surface area contributed by atoms with Gasteiger partial charge in [-0.2, -0.15) is 0 Å². The highest BCUT2D eigenvalue weighted by molar-refractivity contribution is 5.81. The standard InChI is InChI=1S/C16H15NO5.C8H9NO3/c18-13-8-6-12(7-9-13)14(15(19)20)17-16(21)22-10-11-4-2-1-3-5-11;9-7(8(11)12)5-1-3-6(10)4-2-5/h1-9,14,18H,10H2,(H,17,21)(H,19,20);1-4,7,10H,9H2,(H,11,12)/t14-;7-/m11/s1. The number of aliphatic carboxylic acids is 2. The maximum Gasteiger partial charge on any atom is 0.408 e. The van der Waals surface area contributed by atoms with Crippen LogP contribution < -0.4 is 11.1 Å². The molecule has 0 aliphatic rings. The highest BCUT2D eigenvalue weighted by Gasteiger charge is 2.22. The predicted molar refractivity (Wildman–Crippen MR) is 121 cm³/mol. The summed E-state index contributed by atoms with van der Waals surface area (Å²) in [4.78, 5) is 33.4. The molecule has 34 heavy (non-hydrogen) atoms. The maximum atomic E-state index is 11.7. The first-order valence-electron chi connectivity index (χ1n) is 9.93. The molecule has 10 nitrogen and oxygen atoms in total. The van der Waals surface area contributed by atoms with Crippen LogP contribution in [0.25, 0.3) is 0 Å². The second kappa shape index (κ2) is 12.5. The summed E-state index contributed by atoms with van der Waals surface area (Å²) in [5.41, 5.74) is 6.91. The molecule has 0 aliphatic heterocycles. The largest absolute Gasteiger partial charge is 0.508 e. The zero-order chi connectivity index (χ0) is 25.1. The van der Waals surface area contributed by atoms with Crippen molar-refractivity contribution in [3.05, 3.63) is 95.6 Å². The summed E-state index contributed by atoms with van der Waals surface area (Å²) in [6.07, 6.45) is -0.829. The van der Waals surface area contributed by atoms with Crippen LogP contribution in [0.5, 0.6) is 11.5 Å². The lowest BCUT2D eigenvalue weighted by Crippen LogP contribution is -2.34. The van der Waals surface area contributed by atoms with Crippen molar-refractivity contribution in [1.82, 2.24) is 5.32 Å². The number of alkyl carbamates (subject to hydrolysis) is 1. The van der Waals surface area contributed by atoms with E-state index in [9.17, 15) is 24.6 Å². The van der Waals surface area contributed by atoms with Gasteiger partial charge < -0.3 is 36.2 Å². The molecule has 178 valence electrons. The first kappa shape index (κ1) is 25.7. The van der Waals surface area contributed by atoms with Gasteiger partial charge in [0.1, 0.15) is 24.1 Å². The number of carbonyl (C=O) groups excluding carboxylic acids is 1. The number of hydrogen-bond donors (Lipinski definition) is 6. The summed E-state index contributed by atoms with van der Waals surface area (Å²) in [6, 6.07) is 18.1. The summed E-state index contributed by atoms with van der Waals surface area (Å²) >= 11 is 0. The molecule has 2 atom stereocenters. The average molecular weight is 468 g/mol. The van der Waals surface area contributed by atoms with Crippen LogP contribution in [-0.2, 0) is 20.9 Å². The van der Waals surface area contributed by atoms with Gasteiger partial charge in [-0.05, 0) is 41.0 Å². The van der Waals surface area contributed by atoms with E-state index >= 15 is 0 Å². The van der Waals surface area contributed by atoms with Crippen LogP contribution in [0.3, 0.4) is 0 Å². The number of aromatic hydroxyl groups is 2. The lowest BCUT2D eigenvalue weighted by Gasteiger charge is -2.15. The molecule has 0 aliphatic carbocycles. The van der Waals surface area contributed by atoms with Gasteiger partial charge in [0.15, 0.2) is 6.04 Å². The Morgan fingerprint density at radius 3 is 1.74 bits per heavy atom. The van der Waals surface area contributed by atoms with Gasteiger partial charge >= 0.3 is 18.0 Å². The summed E-state index contributed by atoms with van der Waals surface area (Å²) in [5, 5.41) is 38.1. The van der Waals surface area contributed by atoms with Crippen molar-refractivity contribution < 1.29 is 39.5 Å². The van der Waals surface area contributed by atoms with Gasteiger partial charge in [-0.15, -0.1) is 0 Å². The van der Waals surface area contributed by atoms with Crippen molar-refractivity contribution in [2.45, 2.75) is 18.7 Å². The van der Waals surface area contributed by atoms with Crippen LogP contribution in [0.1, 0.15) is 28.8 Å². The van der Waals surface area contributed by atoms with E-state index in [2.05, 4.69) is 5.32 Å². The molecule has 0 aromatic heterocycles. The Morgan fingerprint density at radius 1 is 0.765 bits per heavy atom. The van der Waals surface area contributed by atoms with E-state index in [0.717, 1.165) is 5.56 Å². The Kier molecular flexibility index (Phi) is 9.42. The molecule has 0 saturated carbocycles. The second-order valence-corrected chi connectivity index (χ2v) is 6.98. The van der Waals surface area contributed by atoms with Crippen molar-refractivity contribution >= 4 is 18.0 Å². The van der Waals surface area contributed by atoms with Crippen LogP contribution in [0.4, 0.5) is 4.79 Å². The molecule has 7 N–H and O–H groups in total. The van der Waals surface area contributed by atoms with E-state index < -0.39 is 30.1 Å². The number of carboxylic acid groups (broad SMARTS) is 2. The molecule has 3 aromatic rings. The monoisotopic (exact) mass is 468 g/mol. The fraction of sp³-hybridized carbons (Fsp3) is 0.125. The number of carbonyl (C=O) groups is 3. The van der Waals surface area contributed by atoms with E-state index in [1.807, 2.05) is 18.2 Å².